The van der Waals surface area contributed by atoms with E-state index in [1.54, 1.807) is 38.4 Å². The lowest BCUT2D eigenvalue weighted by atomic mass is 9.46. The molecule has 0 radical (unpaired) electrons. The van der Waals surface area contributed by atoms with Crippen molar-refractivity contribution in [2.75, 3.05) is 26.8 Å². The van der Waals surface area contributed by atoms with Crippen molar-refractivity contribution in [3.63, 3.8) is 0 Å². The Balaban J connectivity index is 0.00000104. The minimum Gasteiger partial charge on any atom is -0.400 e. The highest BCUT2D eigenvalue weighted by Crippen LogP contribution is 2.87. The van der Waals surface area contributed by atoms with Crippen LogP contribution < -0.4 is 0 Å². The molecule has 1 aromatic heterocycles. The Labute approximate surface area is 300 Å². The lowest BCUT2D eigenvalue weighted by Crippen LogP contribution is -2.56. The Morgan fingerprint density at radius 2 is 1.68 bits per heavy atom. The van der Waals surface area contributed by atoms with Crippen LogP contribution in [0.25, 0.3) is 0 Å². The fourth-order valence-electron chi connectivity index (χ4n) is 12.9. The number of rotatable bonds is 5. The number of nitrogens with zero attached hydrogens (tertiary/aromatic N) is 2. The third-order valence-electron chi connectivity index (χ3n) is 15.2. The summed E-state index contributed by atoms with van der Waals surface area (Å²) in [6.07, 6.45) is 14.1. The average Bonchev–Trinajstić information content (AvgIpc) is 3.70. The van der Waals surface area contributed by atoms with Crippen molar-refractivity contribution in [3.8, 4) is 0 Å². The standard InChI is InChI=1S/C38H56N2O6.C2H6.CH4O/c1-34(2)29-9-7-24-26-20-28-25(6-8-27(45-28)32(41)35(3,4)43)36(26,5)14-15-37(24)22-38(29,37)13-10-30(34)46-31-21-40(18-19-44-31)33(42)23-11-16-39-17-12-23;2*1-2/h11-12,16-17,24-32,41,43H,6-10,13-15,18-22H2,1-5H3;1-2H3;2H,1H3/t24?,25?,26?,27?,28?,29?,30-,31?,32-,36?,37-,38?;;/m0../s1. The van der Waals surface area contributed by atoms with Crippen molar-refractivity contribution < 1.29 is 34.3 Å². The molecule has 2 spiro atoms. The fraction of sp³-hybridized carbons (Fsp3) is 0.854. The predicted molar refractivity (Wildman–Crippen MR) is 192 cm³/mol. The van der Waals surface area contributed by atoms with E-state index in [2.05, 4.69) is 25.8 Å². The Bertz CT molecular complexity index is 1340. The zero-order chi connectivity index (χ0) is 36.3. The van der Waals surface area contributed by atoms with Crippen LogP contribution in [0.2, 0.25) is 0 Å². The molecule has 7 fully saturated rings. The van der Waals surface area contributed by atoms with Crippen LogP contribution >= 0.6 is 0 Å². The first-order valence-corrected chi connectivity index (χ1v) is 19.8. The van der Waals surface area contributed by atoms with E-state index in [9.17, 15) is 15.0 Å². The summed E-state index contributed by atoms with van der Waals surface area (Å²) in [7, 11) is 1.00. The third kappa shape index (κ3) is 5.98. The van der Waals surface area contributed by atoms with E-state index in [0.717, 1.165) is 38.7 Å². The van der Waals surface area contributed by atoms with Gasteiger partial charge in [0, 0.05) is 31.6 Å². The van der Waals surface area contributed by atoms with Gasteiger partial charge in [0.25, 0.3) is 5.91 Å². The minimum atomic E-state index is -1.15. The maximum absolute atomic E-state index is 13.2. The Morgan fingerprint density at radius 1 is 0.980 bits per heavy atom. The van der Waals surface area contributed by atoms with Crippen molar-refractivity contribution in [1.29, 1.82) is 0 Å². The molecule has 2 saturated heterocycles. The van der Waals surface area contributed by atoms with Gasteiger partial charge in [-0.05, 0) is 136 Å². The first-order chi connectivity index (χ1) is 23.8. The maximum Gasteiger partial charge on any atom is 0.254 e. The van der Waals surface area contributed by atoms with Crippen LogP contribution in [0, 0.1) is 45.3 Å². The predicted octanol–water partition coefficient (Wildman–Crippen LogP) is 6.24. The van der Waals surface area contributed by atoms with Crippen molar-refractivity contribution >= 4 is 5.91 Å². The molecule has 12 atom stereocenters. The number of carbonyl (C=O) groups excluding carboxylic acids is 1. The van der Waals surface area contributed by atoms with E-state index in [1.807, 2.05) is 18.7 Å². The SMILES string of the molecule is CC.CC12CC[C@@]34CC35CC[C@H](OC3CN(C(=O)c6ccncc6)CCO3)C(C)(C)C5CCC4C1CC1OC([C@H](O)C(C)(C)O)CCC12.CO. The Morgan fingerprint density at radius 3 is 2.38 bits per heavy atom. The first kappa shape index (κ1) is 38.1. The smallest absolute Gasteiger partial charge is 0.254 e. The third-order valence-corrected chi connectivity index (χ3v) is 15.2. The summed E-state index contributed by atoms with van der Waals surface area (Å²) in [6.45, 7) is 16.4. The van der Waals surface area contributed by atoms with Crippen LogP contribution in [0.4, 0.5) is 0 Å². The van der Waals surface area contributed by atoms with E-state index in [-0.39, 0.29) is 29.6 Å². The second kappa shape index (κ2) is 14.0. The van der Waals surface area contributed by atoms with Gasteiger partial charge in [0.15, 0.2) is 6.29 Å². The minimum absolute atomic E-state index is 0.0183. The maximum atomic E-state index is 13.2. The van der Waals surface area contributed by atoms with Crippen molar-refractivity contribution in [2.45, 2.75) is 149 Å². The second-order valence-electron chi connectivity index (χ2n) is 17.8. The molecule has 0 aromatic carbocycles. The number of aliphatic hydroxyl groups excluding tert-OH is 2. The van der Waals surface area contributed by atoms with Crippen LogP contribution in [0.5, 0.6) is 0 Å². The number of fused-ring (bicyclic) bond motifs is 4. The molecule has 1 amide bonds. The van der Waals surface area contributed by atoms with Gasteiger partial charge in [-0.15, -0.1) is 0 Å². The van der Waals surface area contributed by atoms with Crippen molar-refractivity contribution in [2.24, 2.45) is 45.3 Å². The molecular weight excluding hydrogens is 632 g/mol. The number of pyridine rings is 1. The van der Waals surface area contributed by atoms with Gasteiger partial charge < -0.3 is 34.4 Å². The van der Waals surface area contributed by atoms with Crippen molar-refractivity contribution in [1.82, 2.24) is 9.88 Å². The number of morpholine rings is 1. The number of ether oxygens (including phenoxy) is 3. The lowest BCUT2D eigenvalue weighted by Gasteiger charge is -2.60. The Hall–Kier alpha value is -1.62. The van der Waals surface area contributed by atoms with E-state index in [0.29, 0.717) is 59.3 Å². The molecule has 9 heteroatoms. The Kier molecular flexibility index (Phi) is 10.7. The molecular formula is C41H66N2O7. The highest BCUT2D eigenvalue weighted by molar-refractivity contribution is 5.94. The number of hydrogen-bond acceptors (Lipinski definition) is 8. The monoisotopic (exact) mass is 698 g/mol. The number of aromatic nitrogens is 1. The molecule has 8 rings (SSSR count). The average molecular weight is 699 g/mol. The molecule has 9 unspecified atom stereocenters. The molecule has 1 aromatic rings. The fourth-order valence-corrected chi connectivity index (χ4v) is 12.9. The van der Waals surface area contributed by atoms with E-state index in [4.69, 9.17) is 19.3 Å². The zero-order valence-electron chi connectivity index (χ0n) is 32.1. The van der Waals surface area contributed by atoms with E-state index < -0.39 is 18.0 Å². The van der Waals surface area contributed by atoms with Gasteiger partial charge in [-0.1, -0.05) is 34.6 Å². The number of amides is 1. The summed E-state index contributed by atoms with van der Waals surface area (Å²) in [6, 6.07) is 3.55. The number of hydrogen-bond donors (Lipinski definition) is 3. The summed E-state index contributed by atoms with van der Waals surface area (Å²) in [5.41, 5.74) is 0.749. The molecule has 3 N–H and O–H groups in total. The van der Waals surface area contributed by atoms with Gasteiger partial charge in [-0.2, -0.15) is 0 Å². The lowest BCUT2D eigenvalue weighted by molar-refractivity contribution is -0.241. The second-order valence-corrected chi connectivity index (χ2v) is 17.8. The van der Waals surface area contributed by atoms with Gasteiger partial charge in [-0.25, -0.2) is 0 Å². The molecule has 5 aliphatic carbocycles. The van der Waals surface area contributed by atoms with E-state index in [1.165, 1.54) is 38.5 Å². The normalized spacial score (nSPS) is 43.1. The summed E-state index contributed by atoms with van der Waals surface area (Å²) in [4.78, 5) is 19.1. The number of carbonyl (C=O) groups is 1. The molecule has 0 bridgehead atoms. The summed E-state index contributed by atoms with van der Waals surface area (Å²) >= 11 is 0. The summed E-state index contributed by atoms with van der Waals surface area (Å²) < 4.78 is 19.6. The summed E-state index contributed by atoms with van der Waals surface area (Å²) in [5, 5.41) is 28.4. The highest BCUT2D eigenvalue weighted by Gasteiger charge is 2.80. The van der Waals surface area contributed by atoms with Gasteiger partial charge >= 0.3 is 0 Å². The van der Waals surface area contributed by atoms with Crippen LogP contribution in [-0.4, -0.2) is 94.2 Å². The van der Waals surface area contributed by atoms with Gasteiger partial charge in [0.1, 0.15) is 6.10 Å². The van der Waals surface area contributed by atoms with Crippen molar-refractivity contribution in [3.05, 3.63) is 30.1 Å². The van der Waals surface area contributed by atoms with Crippen LogP contribution in [0.3, 0.4) is 0 Å². The quantitative estimate of drug-likeness (QED) is 0.331. The van der Waals surface area contributed by atoms with E-state index >= 15 is 0 Å². The molecule has 7 aliphatic rings. The van der Waals surface area contributed by atoms with Crippen LogP contribution in [0.15, 0.2) is 24.5 Å². The molecule has 9 nitrogen and oxygen atoms in total. The molecule has 3 heterocycles. The zero-order valence-corrected chi connectivity index (χ0v) is 32.1. The van der Waals surface area contributed by atoms with Gasteiger partial charge in [0.2, 0.25) is 0 Å². The molecule has 282 valence electrons. The summed E-state index contributed by atoms with van der Waals surface area (Å²) in [5.74, 6) is 2.67. The highest BCUT2D eigenvalue weighted by atomic mass is 16.7. The molecule has 5 saturated carbocycles. The molecule has 50 heavy (non-hydrogen) atoms. The first-order valence-electron chi connectivity index (χ1n) is 19.8. The topological polar surface area (TPSA) is 122 Å². The molecule has 2 aliphatic heterocycles. The number of aliphatic hydroxyl groups is 3. The van der Waals surface area contributed by atoms with Gasteiger partial charge in [-0.3, -0.25) is 9.78 Å². The van der Waals surface area contributed by atoms with Gasteiger partial charge in [0.05, 0.1) is 37.1 Å². The van der Waals surface area contributed by atoms with Crippen LogP contribution in [0.1, 0.15) is 123 Å². The van der Waals surface area contributed by atoms with Crippen LogP contribution in [-0.2, 0) is 14.2 Å². The largest absolute Gasteiger partial charge is 0.400 e.